The van der Waals surface area contributed by atoms with Gasteiger partial charge < -0.3 is 10.2 Å². The number of rotatable bonds is 13. The van der Waals surface area contributed by atoms with Crippen LogP contribution in [0.2, 0.25) is 10.0 Å². The normalized spacial score (nSPS) is 12.0. The van der Waals surface area contributed by atoms with Gasteiger partial charge in [0.1, 0.15) is 12.6 Å². The molecule has 0 heterocycles. The Labute approximate surface area is 282 Å². The summed E-state index contributed by atoms with van der Waals surface area (Å²) in [5.74, 6) is -0.884. The van der Waals surface area contributed by atoms with Crippen LogP contribution in [0.25, 0.3) is 0 Å². The van der Waals surface area contributed by atoms with Crippen LogP contribution in [0.4, 0.5) is 5.69 Å². The molecule has 0 aliphatic carbocycles. The summed E-state index contributed by atoms with van der Waals surface area (Å²) in [4.78, 5) is 29.8. The maximum Gasteiger partial charge on any atom is 0.264 e. The van der Waals surface area contributed by atoms with Crippen molar-refractivity contribution in [3.63, 3.8) is 0 Å². The molecule has 46 heavy (non-hydrogen) atoms. The highest BCUT2D eigenvalue weighted by Crippen LogP contribution is 2.28. The average molecular weight is 681 g/mol. The van der Waals surface area contributed by atoms with Gasteiger partial charge in [-0.2, -0.15) is 0 Å². The molecule has 0 bridgehead atoms. The number of nitrogens with zero attached hydrogens (tertiary/aromatic N) is 2. The zero-order chi connectivity index (χ0) is 33.4. The zero-order valence-electron chi connectivity index (χ0n) is 26.5. The van der Waals surface area contributed by atoms with Crippen molar-refractivity contribution in [3.05, 3.63) is 129 Å². The van der Waals surface area contributed by atoms with E-state index in [4.69, 9.17) is 23.2 Å². The van der Waals surface area contributed by atoms with Crippen molar-refractivity contribution in [2.45, 2.75) is 58.0 Å². The van der Waals surface area contributed by atoms with E-state index < -0.39 is 28.5 Å². The highest BCUT2D eigenvalue weighted by Gasteiger charge is 2.34. The first-order valence-corrected chi connectivity index (χ1v) is 17.3. The Morgan fingerprint density at radius 2 is 1.50 bits per heavy atom. The number of aryl methyl sites for hydroxylation is 3. The Morgan fingerprint density at radius 3 is 2.13 bits per heavy atom. The smallest absolute Gasteiger partial charge is 0.264 e. The molecule has 0 saturated carbocycles. The van der Waals surface area contributed by atoms with Crippen LogP contribution in [0.5, 0.6) is 0 Å². The van der Waals surface area contributed by atoms with Crippen LogP contribution in [-0.2, 0) is 32.6 Å². The van der Waals surface area contributed by atoms with E-state index in [1.807, 2.05) is 64.1 Å². The van der Waals surface area contributed by atoms with Crippen LogP contribution in [0, 0.1) is 20.8 Å². The molecule has 0 aromatic heterocycles. The lowest BCUT2D eigenvalue weighted by molar-refractivity contribution is -0.140. The minimum Gasteiger partial charge on any atom is -0.354 e. The molecule has 10 heteroatoms. The average Bonchev–Trinajstić information content (AvgIpc) is 3.04. The van der Waals surface area contributed by atoms with Crippen LogP contribution in [0.1, 0.15) is 41.2 Å². The third-order valence-corrected chi connectivity index (χ3v) is 10.4. The standard InChI is InChI=1S/C36H39Cl2N3O4S/c1-5-19-39-36(43)34(22-28-9-7-6-8-10-28)40(23-29-14-18-32(37)33(38)21-29)35(42)24-41(30-15-13-26(3)27(4)20-30)46(44,45)31-16-11-25(2)12-17-31/h6-18,20-21,34H,5,19,22-24H2,1-4H3,(H,39,43). The van der Waals surface area contributed by atoms with Crippen LogP contribution in [0.15, 0.2) is 95.9 Å². The Morgan fingerprint density at radius 1 is 0.804 bits per heavy atom. The molecule has 0 saturated heterocycles. The largest absolute Gasteiger partial charge is 0.354 e. The van der Waals surface area contributed by atoms with Crippen molar-refractivity contribution in [1.82, 2.24) is 10.2 Å². The second-order valence-electron chi connectivity index (χ2n) is 11.4. The molecule has 242 valence electrons. The summed E-state index contributed by atoms with van der Waals surface area (Å²) in [7, 11) is -4.19. The monoisotopic (exact) mass is 679 g/mol. The highest BCUT2D eigenvalue weighted by molar-refractivity contribution is 7.92. The number of hydrogen-bond acceptors (Lipinski definition) is 4. The third-order valence-electron chi connectivity index (χ3n) is 7.82. The number of sulfonamides is 1. The molecule has 0 aliphatic rings. The Hall–Kier alpha value is -3.85. The molecule has 4 rings (SSSR count). The van der Waals surface area contributed by atoms with Crippen LogP contribution in [-0.4, -0.2) is 44.3 Å². The van der Waals surface area contributed by atoms with E-state index in [9.17, 15) is 18.0 Å². The first-order valence-electron chi connectivity index (χ1n) is 15.1. The zero-order valence-corrected chi connectivity index (χ0v) is 28.8. The molecule has 4 aromatic rings. The van der Waals surface area contributed by atoms with Gasteiger partial charge in [-0.1, -0.05) is 90.3 Å². The quantitative estimate of drug-likeness (QED) is 0.161. The van der Waals surface area contributed by atoms with Crippen molar-refractivity contribution in [3.8, 4) is 0 Å². The van der Waals surface area contributed by atoms with Gasteiger partial charge in [-0.05, 0) is 85.8 Å². The number of carbonyl (C=O) groups is 2. The molecule has 0 radical (unpaired) electrons. The van der Waals surface area contributed by atoms with E-state index in [0.29, 0.717) is 34.3 Å². The Kier molecular flexibility index (Phi) is 11.9. The van der Waals surface area contributed by atoms with Crippen LogP contribution < -0.4 is 9.62 Å². The van der Waals surface area contributed by atoms with Crippen molar-refractivity contribution in [1.29, 1.82) is 0 Å². The summed E-state index contributed by atoms with van der Waals surface area (Å²) >= 11 is 12.5. The van der Waals surface area contributed by atoms with Crippen molar-refractivity contribution < 1.29 is 18.0 Å². The van der Waals surface area contributed by atoms with Gasteiger partial charge in [0.05, 0.1) is 20.6 Å². The lowest BCUT2D eigenvalue weighted by atomic mass is 10.0. The van der Waals surface area contributed by atoms with Gasteiger partial charge in [0.2, 0.25) is 11.8 Å². The highest BCUT2D eigenvalue weighted by atomic mass is 35.5. The van der Waals surface area contributed by atoms with Gasteiger partial charge in [-0.25, -0.2) is 8.42 Å². The number of benzene rings is 4. The van der Waals surface area contributed by atoms with Gasteiger partial charge in [0, 0.05) is 19.5 Å². The molecular weight excluding hydrogens is 641 g/mol. The first kappa shape index (κ1) is 35.0. The minimum atomic E-state index is -4.19. The van der Waals surface area contributed by atoms with Gasteiger partial charge in [0.15, 0.2) is 0 Å². The Bertz CT molecular complexity index is 1780. The summed E-state index contributed by atoms with van der Waals surface area (Å²) in [5, 5.41) is 3.60. The van der Waals surface area contributed by atoms with Gasteiger partial charge >= 0.3 is 0 Å². The van der Waals surface area contributed by atoms with Crippen LogP contribution >= 0.6 is 23.2 Å². The van der Waals surface area contributed by atoms with Gasteiger partial charge in [0.25, 0.3) is 10.0 Å². The summed E-state index contributed by atoms with van der Waals surface area (Å²) in [5.41, 5.74) is 4.61. The maximum atomic E-state index is 14.6. The summed E-state index contributed by atoms with van der Waals surface area (Å²) in [6.07, 6.45) is 0.928. The van der Waals surface area contributed by atoms with Gasteiger partial charge in [-0.15, -0.1) is 0 Å². The fourth-order valence-electron chi connectivity index (χ4n) is 5.00. The second kappa shape index (κ2) is 15.6. The van der Waals surface area contributed by atoms with E-state index in [2.05, 4.69) is 5.32 Å². The number of nitrogens with one attached hydrogen (secondary N) is 1. The van der Waals surface area contributed by atoms with E-state index in [0.717, 1.165) is 26.6 Å². The number of halogens is 2. The number of amides is 2. The lowest BCUT2D eigenvalue weighted by Crippen LogP contribution is -2.53. The first-order chi connectivity index (χ1) is 21.9. The number of carbonyl (C=O) groups excluding carboxylic acids is 2. The second-order valence-corrected chi connectivity index (χ2v) is 14.0. The molecule has 7 nitrogen and oxygen atoms in total. The topological polar surface area (TPSA) is 86.8 Å². The van der Waals surface area contributed by atoms with E-state index in [1.165, 1.54) is 17.0 Å². The molecule has 2 amide bonds. The summed E-state index contributed by atoms with van der Waals surface area (Å²) in [6, 6.07) is 25.3. The summed E-state index contributed by atoms with van der Waals surface area (Å²) < 4.78 is 29.6. The maximum absolute atomic E-state index is 14.6. The number of hydrogen-bond donors (Lipinski definition) is 1. The van der Waals surface area contributed by atoms with E-state index in [-0.39, 0.29) is 23.8 Å². The SMILES string of the molecule is CCCNC(=O)C(Cc1ccccc1)N(Cc1ccc(Cl)c(Cl)c1)C(=O)CN(c1ccc(C)c(C)c1)S(=O)(=O)c1ccc(C)cc1. The molecule has 1 atom stereocenters. The predicted octanol–water partition coefficient (Wildman–Crippen LogP) is 7.28. The molecule has 0 fully saturated rings. The summed E-state index contributed by atoms with van der Waals surface area (Å²) in [6.45, 7) is 7.54. The minimum absolute atomic E-state index is 0.00187. The van der Waals surface area contributed by atoms with E-state index in [1.54, 1.807) is 42.5 Å². The molecule has 4 aromatic carbocycles. The third kappa shape index (κ3) is 8.69. The van der Waals surface area contributed by atoms with Crippen molar-refractivity contribution in [2.24, 2.45) is 0 Å². The van der Waals surface area contributed by atoms with E-state index >= 15 is 0 Å². The predicted molar refractivity (Wildman–Crippen MR) is 186 cm³/mol. The fourth-order valence-corrected chi connectivity index (χ4v) is 6.73. The van der Waals surface area contributed by atoms with Crippen LogP contribution in [0.3, 0.4) is 0 Å². The molecule has 1 unspecified atom stereocenters. The van der Waals surface area contributed by atoms with Gasteiger partial charge in [-0.3, -0.25) is 13.9 Å². The number of anilines is 1. The lowest BCUT2D eigenvalue weighted by Gasteiger charge is -2.34. The Balaban J connectivity index is 1.82. The molecule has 1 N–H and O–H groups in total. The van der Waals surface area contributed by atoms with Crippen molar-refractivity contribution in [2.75, 3.05) is 17.4 Å². The van der Waals surface area contributed by atoms with Crippen molar-refractivity contribution >= 4 is 50.7 Å². The molecular formula is C36H39Cl2N3O4S. The molecule has 0 spiro atoms. The fraction of sp³-hybridized carbons (Fsp3) is 0.278. The molecule has 0 aliphatic heterocycles.